The number of hydrogen-bond acceptors (Lipinski definition) is 4. The Labute approximate surface area is 184 Å². The molecule has 0 saturated heterocycles. The fraction of sp³-hybridized carbons (Fsp3) is 0.269. The summed E-state index contributed by atoms with van der Waals surface area (Å²) in [6, 6.07) is 21.8. The molecule has 1 amide bonds. The Hall–Kier alpha value is -3.47. The van der Waals surface area contributed by atoms with Crippen molar-refractivity contribution in [1.29, 1.82) is 0 Å². The number of carbonyl (C=O) groups is 1. The number of rotatable bonds is 9. The molecule has 3 rings (SSSR count). The highest BCUT2D eigenvalue weighted by atomic mass is 16.5. The maximum Gasteiger partial charge on any atom is 0.221 e. The number of amides is 1. The van der Waals surface area contributed by atoms with E-state index >= 15 is 0 Å². The van der Waals surface area contributed by atoms with Crippen LogP contribution < -0.4 is 19.5 Å². The van der Waals surface area contributed by atoms with E-state index in [-0.39, 0.29) is 11.9 Å². The predicted molar refractivity (Wildman–Crippen MR) is 122 cm³/mol. The summed E-state index contributed by atoms with van der Waals surface area (Å²) in [5.74, 6) is 1.68. The minimum atomic E-state index is -0.200. The normalized spacial score (nSPS) is 11.5. The predicted octanol–water partition coefficient (Wildman–Crippen LogP) is 4.86. The van der Waals surface area contributed by atoms with Crippen LogP contribution in [0.4, 0.5) is 0 Å². The van der Waals surface area contributed by atoms with Crippen molar-refractivity contribution < 1.29 is 19.0 Å². The van der Waals surface area contributed by atoms with E-state index in [0.717, 1.165) is 16.7 Å². The Morgan fingerprint density at radius 1 is 0.839 bits per heavy atom. The number of carbonyl (C=O) groups excluding carboxylic acids is 1. The van der Waals surface area contributed by atoms with Crippen molar-refractivity contribution in [2.45, 2.75) is 25.8 Å². The van der Waals surface area contributed by atoms with Gasteiger partial charge in [-0.2, -0.15) is 0 Å². The summed E-state index contributed by atoms with van der Waals surface area (Å²) in [6.07, 6.45) is 0.895. The van der Waals surface area contributed by atoms with Crippen LogP contribution in [0.5, 0.6) is 17.2 Å². The quantitative estimate of drug-likeness (QED) is 0.538. The maximum absolute atomic E-state index is 12.9. The number of benzene rings is 3. The highest BCUT2D eigenvalue weighted by molar-refractivity contribution is 5.77. The zero-order chi connectivity index (χ0) is 22.2. The van der Waals surface area contributed by atoms with Gasteiger partial charge >= 0.3 is 0 Å². The first kappa shape index (κ1) is 22.2. The second-order valence-electron chi connectivity index (χ2n) is 7.36. The summed E-state index contributed by atoms with van der Waals surface area (Å²) in [5, 5.41) is 3.19. The van der Waals surface area contributed by atoms with Gasteiger partial charge in [-0.15, -0.1) is 0 Å². The van der Waals surface area contributed by atoms with Crippen molar-refractivity contribution in [1.82, 2.24) is 5.32 Å². The van der Waals surface area contributed by atoms with Crippen LogP contribution in [0.3, 0.4) is 0 Å². The molecular weight excluding hydrogens is 390 g/mol. The van der Waals surface area contributed by atoms with Crippen LogP contribution in [0.15, 0.2) is 66.7 Å². The average molecular weight is 420 g/mol. The lowest BCUT2D eigenvalue weighted by molar-refractivity contribution is -0.121. The number of ether oxygens (including phenoxy) is 3. The molecule has 0 spiro atoms. The molecule has 31 heavy (non-hydrogen) atoms. The van der Waals surface area contributed by atoms with Crippen LogP contribution in [-0.2, 0) is 11.2 Å². The Morgan fingerprint density at radius 3 is 1.97 bits per heavy atom. The Balaban J connectivity index is 1.75. The lowest BCUT2D eigenvalue weighted by Gasteiger charge is -2.20. The van der Waals surface area contributed by atoms with E-state index in [4.69, 9.17) is 14.2 Å². The van der Waals surface area contributed by atoms with E-state index in [1.54, 1.807) is 21.3 Å². The highest BCUT2D eigenvalue weighted by Crippen LogP contribution is 2.38. The first-order chi connectivity index (χ1) is 15.0. The average Bonchev–Trinajstić information content (AvgIpc) is 2.81. The Bertz CT molecular complexity index is 975. The van der Waals surface area contributed by atoms with E-state index in [1.807, 2.05) is 42.5 Å². The molecule has 0 radical (unpaired) electrons. The maximum atomic E-state index is 12.9. The molecule has 1 atom stereocenters. The topological polar surface area (TPSA) is 56.8 Å². The van der Waals surface area contributed by atoms with E-state index in [2.05, 4.69) is 36.5 Å². The molecule has 0 heterocycles. The first-order valence-corrected chi connectivity index (χ1v) is 10.3. The van der Waals surface area contributed by atoms with Gasteiger partial charge in [-0.3, -0.25) is 4.79 Å². The van der Waals surface area contributed by atoms with E-state index < -0.39 is 0 Å². The number of nitrogens with one attached hydrogen (secondary N) is 1. The summed E-state index contributed by atoms with van der Waals surface area (Å²) >= 11 is 0. The van der Waals surface area contributed by atoms with Gasteiger partial charge in [0.1, 0.15) is 0 Å². The van der Waals surface area contributed by atoms with Gasteiger partial charge in [-0.05, 0) is 42.2 Å². The first-order valence-electron chi connectivity index (χ1n) is 10.3. The molecule has 0 aliphatic carbocycles. The number of aryl methyl sites for hydroxylation is 2. The van der Waals surface area contributed by atoms with Gasteiger partial charge in [0.2, 0.25) is 11.7 Å². The molecule has 3 aromatic rings. The molecule has 5 heteroatoms. The van der Waals surface area contributed by atoms with E-state index in [9.17, 15) is 4.79 Å². The number of methoxy groups -OCH3 is 3. The van der Waals surface area contributed by atoms with Crippen LogP contribution in [0.1, 0.15) is 34.7 Å². The molecule has 0 aliphatic rings. The van der Waals surface area contributed by atoms with Crippen molar-refractivity contribution in [3.63, 3.8) is 0 Å². The third-order valence-corrected chi connectivity index (χ3v) is 5.21. The number of hydrogen-bond donors (Lipinski definition) is 1. The minimum absolute atomic E-state index is 0.0248. The summed E-state index contributed by atoms with van der Waals surface area (Å²) in [7, 11) is 4.74. The van der Waals surface area contributed by atoms with Gasteiger partial charge < -0.3 is 19.5 Å². The second kappa shape index (κ2) is 10.5. The molecule has 0 unspecified atom stereocenters. The van der Waals surface area contributed by atoms with Gasteiger partial charge in [-0.1, -0.05) is 60.2 Å². The third kappa shape index (κ3) is 5.57. The van der Waals surface area contributed by atoms with Crippen LogP contribution in [-0.4, -0.2) is 27.2 Å². The molecule has 0 aliphatic heterocycles. The van der Waals surface area contributed by atoms with Crippen molar-refractivity contribution >= 4 is 5.91 Å². The Morgan fingerprint density at radius 2 is 1.42 bits per heavy atom. The summed E-state index contributed by atoms with van der Waals surface area (Å²) in [5.41, 5.74) is 4.23. The van der Waals surface area contributed by atoms with Crippen LogP contribution >= 0.6 is 0 Å². The van der Waals surface area contributed by atoms with Crippen molar-refractivity contribution in [3.05, 3.63) is 89.0 Å². The summed E-state index contributed by atoms with van der Waals surface area (Å²) < 4.78 is 16.2. The molecular formula is C26H29NO4. The zero-order valence-electron chi connectivity index (χ0n) is 18.5. The molecule has 0 saturated carbocycles. The molecule has 3 aromatic carbocycles. The lowest BCUT2D eigenvalue weighted by Crippen LogP contribution is -2.29. The highest BCUT2D eigenvalue weighted by Gasteiger charge is 2.18. The van der Waals surface area contributed by atoms with Crippen LogP contribution in [0, 0.1) is 6.92 Å². The minimum Gasteiger partial charge on any atom is -0.493 e. The summed E-state index contributed by atoms with van der Waals surface area (Å²) in [4.78, 5) is 12.9. The van der Waals surface area contributed by atoms with Crippen LogP contribution in [0.25, 0.3) is 0 Å². The summed E-state index contributed by atoms with van der Waals surface area (Å²) in [6.45, 7) is 2.05. The van der Waals surface area contributed by atoms with Gasteiger partial charge in [0.25, 0.3) is 0 Å². The molecule has 1 N–H and O–H groups in total. The smallest absolute Gasteiger partial charge is 0.221 e. The third-order valence-electron chi connectivity index (χ3n) is 5.21. The standard InChI is InChI=1S/C26H29NO4/c1-18-10-13-21(14-11-18)25(20-8-6-5-7-9-20)27-24(28)15-12-19-16-22(29-2)26(31-4)23(17-19)30-3/h5-11,13-14,16-17,25H,12,15H2,1-4H3,(H,27,28)/t25-/m1/s1. The largest absolute Gasteiger partial charge is 0.493 e. The monoisotopic (exact) mass is 419 g/mol. The van der Waals surface area contributed by atoms with Crippen molar-refractivity contribution in [2.24, 2.45) is 0 Å². The van der Waals surface area contributed by atoms with Crippen molar-refractivity contribution in [2.75, 3.05) is 21.3 Å². The van der Waals surface area contributed by atoms with E-state index in [1.165, 1.54) is 5.56 Å². The van der Waals surface area contributed by atoms with Gasteiger partial charge in [0.15, 0.2) is 11.5 Å². The molecule has 0 bridgehead atoms. The molecule has 0 fully saturated rings. The molecule has 162 valence electrons. The molecule has 0 aromatic heterocycles. The SMILES string of the molecule is COc1cc(CCC(=O)N[C@H](c2ccccc2)c2ccc(C)cc2)cc(OC)c1OC. The van der Waals surface area contributed by atoms with Crippen molar-refractivity contribution in [3.8, 4) is 17.2 Å². The second-order valence-corrected chi connectivity index (χ2v) is 7.36. The van der Waals surface area contributed by atoms with Gasteiger partial charge in [-0.25, -0.2) is 0 Å². The van der Waals surface area contributed by atoms with Crippen LogP contribution in [0.2, 0.25) is 0 Å². The fourth-order valence-electron chi connectivity index (χ4n) is 3.53. The Kier molecular flexibility index (Phi) is 7.55. The lowest BCUT2D eigenvalue weighted by atomic mass is 9.97. The van der Waals surface area contributed by atoms with Gasteiger partial charge in [0.05, 0.1) is 27.4 Å². The fourth-order valence-corrected chi connectivity index (χ4v) is 3.53. The molecule has 5 nitrogen and oxygen atoms in total. The van der Waals surface area contributed by atoms with Gasteiger partial charge in [0, 0.05) is 6.42 Å². The van der Waals surface area contributed by atoms with E-state index in [0.29, 0.717) is 30.1 Å². The zero-order valence-corrected chi connectivity index (χ0v) is 18.5.